The summed E-state index contributed by atoms with van der Waals surface area (Å²) in [5.74, 6) is -1.04. The zero-order valence-electron chi connectivity index (χ0n) is 19.5. The van der Waals surface area contributed by atoms with Crippen molar-refractivity contribution in [3.63, 3.8) is 0 Å². The van der Waals surface area contributed by atoms with Gasteiger partial charge in [-0.25, -0.2) is 0 Å². The lowest BCUT2D eigenvalue weighted by molar-refractivity contribution is -0.139. The van der Waals surface area contributed by atoms with Crippen LogP contribution in [0.2, 0.25) is 0 Å². The van der Waals surface area contributed by atoms with Gasteiger partial charge in [0.25, 0.3) is 0 Å². The largest absolute Gasteiger partial charge is 0.374 e. The van der Waals surface area contributed by atoms with Gasteiger partial charge in [-0.05, 0) is 88.1 Å². The second kappa shape index (κ2) is 11.0. The molecule has 0 radical (unpaired) electrons. The Hall–Kier alpha value is -2.34. The third-order valence-corrected chi connectivity index (χ3v) is 7.20. The van der Waals surface area contributed by atoms with E-state index in [2.05, 4.69) is 51.8 Å². The summed E-state index contributed by atoms with van der Waals surface area (Å²) in [7, 11) is 2.15. The highest BCUT2D eigenvalue weighted by molar-refractivity contribution is 6.35. The monoisotopic (exact) mass is 438 g/mol. The molecule has 32 heavy (non-hydrogen) atoms. The van der Waals surface area contributed by atoms with Gasteiger partial charge in [-0.15, -0.1) is 0 Å². The number of aryl methyl sites for hydroxylation is 1. The Balaban J connectivity index is 1.34. The van der Waals surface area contributed by atoms with E-state index in [-0.39, 0.29) is 6.04 Å². The molecule has 174 valence electrons. The van der Waals surface area contributed by atoms with Crippen LogP contribution < -0.4 is 15.5 Å². The number of anilines is 1. The van der Waals surface area contributed by atoms with Crippen LogP contribution in [-0.4, -0.2) is 56.5 Å². The zero-order chi connectivity index (χ0) is 22.3. The number of amides is 2. The van der Waals surface area contributed by atoms with E-state index in [0.717, 1.165) is 45.3 Å². The molecule has 1 atom stereocenters. The third kappa shape index (κ3) is 5.71. The number of rotatable bonds is 7. The predicted octanol–water partition coefficient (Wildman–Crippen LogP) is 3.33. The molecule has 2 amide bonds. The third-order valence-electron chi connectivity index (χ3n) is 7.20. The number of allylic oxidation sites excluding steroid dienone is 1. The molecule has 0 bridgehead atoms. The number of likely N-dealkylation sites (tertiary alicyclic amines) is 1. The SMILES string of the molecule is CN1CCCc2cc(C(CNC(=O)C(=O)NCCC3=CCCCC3)N3CCCC3)ccc21. The van der Waals surface area contributed by atoms with Crippen LogP contribution in [0.5, 0.6) is 0 Å². The standard InChI is InChI=1S/C26H38N4O2/c1-29-15-7-10-21-18-22(11-12-23(21)29)24(30-16-5-6-17-30)19-28-26(32)25(31)27-14-13-20-8-3-2-4-9-20/h8,11-12,18,24H,2-7,9-10,13-17,19H2,1H3,(H,27,31)(H,28,32). The maximum absolute atomic E-state index is 12.5. The van der Waals surface area contributed by atoms with Crippen molar-refractivity contribution in [2.24, 2.45) is 0 Å². The summed E-state index contributed by atoms with van der Waals surface area (Å²) < 4.78 is 0. The summed E-state index contributed by atoms with van der Waals surface area (Å²) in [5.41, 5.74) is 5.35. The fourth-order valence-corrected chi connectivity index (χ4v) is 5.34. The normalized spacial score (nSPS) is 19.8. The van der Waals surface area contributed by atoms with Gasteiger partial charge in [0, 0.05) is 32.4 Å². The fraction of sp³-hybridized carbons (Fsp3) is 0.615. The second-order valence-corrected chi connectivity index (χ2v) is 9.50. The highest BCUT2D eigenvalue weighted by Gasteiger charge is 2.26. The Labute approximate surface area is 192 Å². The van der Waals surface area contributed by atoms with Crippen molar-refractivity contribution in [2.45, 2.75) is 63.8 Å². The molecule has 6 nitrogen and oxygen atoms in total. The van der Waals surface area contributed by atoms with Crippen LogP contribution in [-0.2, 0) is 16.0 Å². The van der Waals surface area contributed by atoms with E-state index in [9.17, 15) is 9.59 Å². The molecule has 2 N–H and O–H groups in total. The molecule has 1 aliphatic carbocycles. The van der Waals surface area contributed by atoms with Gasteiger partial charge < -0.3 is 15.5 Å². The Morgan fingerprint density at radius 3 is 2.56 bits per heavy atom. The van der Waals surface area contributed by atoms with Gasteiger partial charge in [0.15, 0.2) is 0 Å². The molecule has 0 spiro atoms. The Kier molecular flexibility index (Phi) is 7.85. The van der Waals surface area contributed by atoms with E-state index in [4.69, 9.17) is 0 Å². The molecule has 4 rings (SSSR count). The number of nitrogens with one attached hydrogen (secondary N) is 2. The highest BCUT2D eigenvalue weighted by atomic mass is 16.2. The number of carbonyl (C=O) groups is 2. The molecular formula is C26H38N4O2. The van der Waals surface area contributed by atoms with Crippen LogP contribution in [0.1, 0.15) is 68.5 Å². The maximum atomic E-state index is 12.5. The van der Waals surface area contributed by atoms with E-state index in [1.165, 1.54) is 54.5 Å². The van der Waals surface area contributed by atoms with Crippen molar-refractivity contribution >= 4 is 17.5 Å². The van der Waals surface area contributed by atoms with Crippen molar-refractivity contribution in [1.82, 2.24) is 15.5 Å². The molecule has 1 fully saturated rings. The minimum atomic E-state index is -0.524. The summed E-state index contributed by atoms with van der Waals surface area (Å²) in [4.78, 5) is 29.6. The van der Waals surface area contributed by atoms with Gasteiger partial charge in [0.1, 0.15) is 0 Å². The summed E-state index contributed by atoms with van der Waals surface area (Å²) in [6.07, 6.45) is 12.5. The number of carbonyl (C=O) groups excluding carboxylic acids is 2. The van der Waals surface area contributed by atoms with Crippen molar-refractivity contribution < 1.29 is 9.59 Å². The molecule has 3 aliphatic rings. The lowest BCUT2D eigenvalue weighted by Crippen LogP contribution is -2.44. The highest BCUT2D eigenvalue weighted by Crippen LogP contribution is 2.31. The van der Waals surface area contributed by atoms with Gasteiger partial charge >= 0.3 is 11.8 Å². The summed E-state index contributed by atoms with van der Waals surface area (Å²) >= 11 is 0. The smallest absolute Gasteiger partial charge is 0.309 e. The zero-order valence-corrected chi connectivity index (χ0v) is 19.5. The molecule has 1 aromatic carbocycles. The number of fused-ring (bicyclic) bond motifs is 1. The fourth-order valence-electron chi connectivity index (χ4n) is 5.34. The van der Waals surface area contributed by atoms with Gasteiger partial charge in [0.05, 0.1) is 6.04 Å². The van der Waals surface area contributed by atoms with Crippen molar-refractivity contribution in [3.8, 4) is 0 Å². The Morgan fingerprint density at radius 2 is 1.78 bits per heavy atom. The number of nitrogens with zero attached hydrogens (tertiary/aromatic N) is 2. The summed E-state index contributed by atoms with van der Waals surface area (Å²) in [6, 6.07) is 6.85. The molecule has 1 unspecified atom stereocenters. The Bertz CT molecular complexity index is 844. The molecule has 6 heteroatoms. The lowest BCUT2D eigenvalue weighted by atomic mass is 9.96. The quantitative estimate of drug-likeness (QED) is 0.506. The first-order valence-electron chi connectivity index (χ1n) is 12.4. The first-order valence-corrected chi connectivity index (χ1v) is 12.4. The average molecular weight is 439 g/mol. The molecular weight excluding hydrogens is 400 g/mol. The van der Waals surface area contributed by atoms with E-state index in [0.29, 0.717) is 13.1 Å². The predicted molar refractivity (Wildman–Crippen MR) is 129 cm³/mol. The minimum absolute atomic E-state index is 0.110. The van der Waals surface area contributed by atoms with Gasteiger partial charge in [0.2, 0.25) is 0 Å². The van der Waals surface area contributed by atoms with Crippen LogP contribution in [0, 0.1) is 0 Å². The topological polar surface area (TPSA) is 64.7 Å². The maximum Gasteiger partial charge on any atom is 0.309 e. The first-order chi connectivity index (χ1) is 15.6. The van der Waals surface area contributed by atoms with Crippen LogP contribution >= 0.6 is 0 Å². The molecule has 2 heterocycles. The summed E-state index contributed by atoms with van der Waals surface area (Å²) in [5, 5.41) is 5.72. The van der Waals surface area contributed by atoms with E-state index in [1.54, 1.807) is 0 Å². The van der Waals surface area contributed by atoms with Crippen LogP contribution in [0.3, 0.4) is 0 Å². The van der Waals surface area contributed by atoms with Crippen LogP contribution in [0.15, 0.2) is 29.8 Å². The molecule has 0 aromatic heterocycles. The minimum Gasteiger partial charge on any atom is -0.374 e. The Morgan fingerprint density at radius 1 is 0.969 bits per heavy atom. The van der Waals surface area contributed by atoms with Crippen molar-refractivity contribution in [1.29, 1.82) is 0 Å². The van der Waals surface area contributed by atoms with Crippen molar-refractivity contribution in [2.75, 3.05) is 44.7 Å². The van der Waals surface area contributed by atoms with Gasteiger partial charge in [-0.3, -0.25) is 14.5 Å². The lowest BCUT2D eigenvalue weighted by Gasteiger charge is -2.31. The van der Waals surface area contributed by atoms with E-state index in [1.807, 2.05) is 0 Å². The average Bonchev–Trinajstić information content (AvgIpc) is 3.34. The molecule has 1 aromatic rings. The van der Waals surface area contributed by atoms with Crippen molar-refractivity contribution in [3.05, 3.63) is 41.0 Å². The second-order valence-electron chi connectivity index (χ2n) is 9.50. The van der Waals surface area contributed by atoms with E-state index < -0.39 is 11.8 Å². The van der Waals surface area contributed by atoms with Gasteiger partial charge in [-0.2, -0.15) is 0 Å². The van der Waals surface area contributed by atoms with Crippen LogP contribution in [0.4, 0.5) is 5.69 Å². The van der Waals surface area contributed by atoms with Gasteiger partial charge in [-0.1, -0.05) is 23.8 Å². The molecule has 1 saturated heterocycles. The number of hydrogen-bond donors (Lipinski definition) is 2. The molecule has 2 aliphatic heterocycles. The van der Waals surface area contributed by atoms with E-state index >= 15 is 0 Å². The summed E-state index contributed by atoms with van der Waals surface area (Å²) in [6.45, 7) is 4.18. The molecule has 0 saturated carbocycles. The number of hydrogen-bond acceptors (Lipinski definition) is 4. The number of benzene rings is 1. The first kappa shape index (κ1) is 22.8. The van der Waals surface area contributed by atoms with Crippen LogP contribution in [0.25, 0.3) is 0 Å².